The largest absolute Gasteiger partial charge is 0.354 e. The van der Waals surface area contributed by atoms with Gasteiger partial charge in [0.25, 0.3) is 0 Å². The Labute approximate surface area is 145 Å². The number of rotatable bonds is 6. The Balaban J connectivity index is 2.38. The van der Waals surface area contributed by atoms with E-state index in [1.807, 2.05) is 0 Å². The van der Waals surface area contributed by atoms with E-state index in [0.29, 0.717) is 4.88 Å². The molecule has 7 heteroatoms. The highest BCUT2D eigenvalue weighted by molar-refractivity contribution is 7.91. The van der Waals surface area contributed by atoms with Gasteiger partial charge >= 0.3 is 0 Å². The van der Waals surface area contributed by atoms with Crippen LogP contribution in [0.15, 0.2) is 40.6 Å². The van der Waals surface area contributed by atoms with Gasteiger partial charge in [0.15, 0.2) is 9.84 Å². The summed E-state index contributed by atoms with van der Waals surface area (Å²) < 4.78 is 39.5. The highest BCUT2D eigenvalue weighted by Gasteiger charge is 2.31. The summed E-state index contributed by atoms with van der Waals surface area (Å²) in [6.07, 6.45) is 0. The van der Waals surface area contributed by atoms with Crippen LogP contribution >= 0.6 is 11.3 Å². The number of carbonyl (C=O) groups is 1. The molecule has 1 aromatic heterocycles. The van der Waals surface area contributed by atoms with Crippen LogP contribution in [-0.4, -0.2) is 20.9 Å². The van der Waals surface area contributed by atoms with Crippen LogP contribution in [0.5, 0.6) is 0 Å². The molecule has 0 saturated heterocycles. The fraction of sp³-hybridized carbons (Fsp3) is 0.353. The molecule has 0 saturated carbocycles. The Morgan fingerprint density at radius 1 is 1.29 bits per heavy atom. The minimum atomic E-state index is -3.76. The molecule has 1 amide bonds. The summed E-state index contributed by atoms with van der Waals surface area (Å²) in [4.78, 5) is 12.5. The first-order chi connectivity index (χ1) is 11.2. The third-order valence-electron chi connectivity index (χ3n) is 3.68. The van der Waals surface area contributed by atoms with E-state index in [2.05, 4.69) is 5.32 Å². The van der Waals surface area contributed by atoms with Crippen molar-refractivity contribution < 1.29 is 17.6 Å². The lowest BCUT2D eigenvalue weighted by molar-refractivity contribution is -0.123. The maximum absolute atomic E-state index is 13.5. The normalized spacial score (nSPS) is 13.0. The Hall–Kier alpha value is -1.73. The molecular formula is C17H20FNO3S2. The van der Waals surface area contributed by atoms with E-state index >= 15 is 0 Å². The summed E-state index contributed by atoms with van der Waals surface area (Å²) in [5.41, 5.74) is 0.271. The molecule has 1 heterocycles. The van der Waals surface area contributed by atoms with Gasteiger partial charge in [0.1, 0.15) is 11.1 Å². The highest BCUT2D eigenvalue weighted by atomic mass is 32.2. The Morgan fingerprint density at radius 2 is 2.00 bits per heavy atom. The van der Waals surface area contributed by atoms with Crippen molar-refractivity contribution in [2.75, 3.05) is 6.54 Å². The summed E-state index contributed by atoms with van der Waals surface area (Å²) in [7, 11) is -3.76. The van der Waals surface area contributed by atoms with Crippen LogP contribution in [0.3, 0.4) is 0 Å². The van der Waals surface area contributed by atoms with Gasteiger partial charge in [-0.1, -0.05) is 19.9 Å². The van der Waals surface area contributed by atoms with Crippen LogP contribution in [0, 0.1) is 18.7 Å². The van der Waals surface area contributed by atoms with Gasteiger partial charge in [-0.2, -0.15) is 0 Å². The predicted octanol–water partition coefficient (Wildman–Crippen LogP) is 3.48. The Bertz CT molecular complexity index is 814. The second-order valence-corrected chi connectivity index (χ2v) is 8.97. The molecule has 0 fully saturated rings. The van der Waals surface area contributed by atoms with E-state index in [4.69, 9.17) is 0 Å². The zero-order valence-corrected chi connectivity index (χ0v) is 15.4. The van der Waals surface area contributed by atoms with E-state index in [-0.39, 0.29) is 28.8 Å². The van der Waals surface area contributed by atoms with Crippen molar-refractivity contribution in [3.63, 3.8) is 0 Å². The van der Waals surface area contributed by atoms with Crippen molar-refractivity contribution in [3.8, 4) is 0 Å². The standard InChI is InChI=1S/C17H20FNO3S2/c1-11(2)17(20)19-10-16(15-5-4-8-23-15)24(21,22)13-6-7-14(18)12(3)9-13/h4-9,11,16H,10H2,1-3H3,(H,19,20). The first-order valence-electron chi connectivity index (χ1n) is 7.54. The molecule has 1 atom stereocenters. The topological polar surface area (TPSA) is 63.2 Å². The second kappa shape index (κ2) is 7.44. The van der Waals surface area contributed by atoms with Crippen LogP contribution in [0.1, 0.15) is 29.5 Å². The SMILES string of the molecule is Cc1cc(S(=O)(=O)C(CNC(=O)C(C)C)c2cccs2)ccc1F. The van der Waals surface area contributed by atoms with Crippen LogP contribution in [0.25, 0.3) is 0 Å². The summed E-state index contributed by atoms with van der Waals surface area (Å²) in [6, 6.07) is 7.24. The Morgan fingerprint density at radius 3 is 2.54 bits per heavy atom. The molecule has 24 heavy (non-hydrogen) atoms. The van der Waals surface area contributed by atoms with Crippen molar-refractivity contribution in [2.24, 2.45) is 5.92 Å². The number of nitrogens with one attached hydrogen (secondary N) is 1. The van der Waals surface area contributed by atoms with Gasteiger partial charge in [-0.25, -0.2) is 12.8 Å². The third-order valence-corrected chi connectivity index (χ3v) is 6.90. The average Bonchev–Trinajstić information content (AvgIpc) is 3.03. The van der Waals surface area contributed by atoms with Gasteiger partial charge in [0, 0.05) is 17.3 Å². The fourth-order valence-electron chi connectivity index (χ4n) is 2.19. The monoisotopic (exact) mass is 369 g/mol. The minimum absolute atomic E-state index is 0.0176. The van der Waals surface area contributed by atoms with Crippen molar-refractivity contribution in [2.45, 2.75) is 30.9 Å². The van der Waals surface area contributed by atoms with Crippen LogP contribution < -0.4 is 5.32 Å². The number of benzene rings is 1. The van der Waals surface area contributed by atoms with E-state index in [9.17, 15) is 17.6 Å². The summed E-state index contributed by atoms with van der Waals surface area (Å²) in [5.74, 6) is -0.887. The smallest absolute Gasteiger partial charge is 0.222 e. The molecule has 0 spiro atoms. The van der Waals surface area contributed by atoms with E-state index in [1.54, 1.807) is 31.4 Å². The maximum atomic E-state index is 13.5. The molecule has 130 valence electrons. The van der Waals surface area contributed by atoms with Crippen molar-refractivity contribution in [3.05, 3.63) is 52.0 Å². The van der Waals surface area contributed by atoms with Crippen LogP contribution in [-0.2, 0) is 14.6 Å². The average molecular weight is 369 g/mol. The number of thiophene rings is 1. The van der Waals surface area contributed by atoms with E-state index < -0.39 is 20.9 Å². The zero-order chi connectivity index (χ0) is 17.9. The minimum Gasteiger partial charge on any atom is -0.354 e. The number of sulfone groups is 1. The molecule has 0 aliphatic rings. The van der Waals surface area contributed by atoms with Crippen molar-refractivity contribution in [1.29, 1.82) is 0 Å². The van der Waals surface area contributed by atoms with E-state index in [1.165, 1.54) is 30.4 Å². The quantitative estimate of drug-likeness (QED) is 0.793. The fourth-order valence-corrected chi connectivity index (χ4v) is 5.06. The number of amides is 1. The van der Waals surface area contributed by atoms with Crippen LogP contribution in [0.2, 0.25) is 0 Å². The maximum Gasteiger partial charge on any atom is 0.222 e. The molecule has 0 aliphatic carbocycles. The molecule has 0 bridgehead atoms. The molecule has 2 aromatic rings. The molecule has 0 radical (unpaired) electrons. The van der Waals surface area contributed by atoms with Crippen molar-refractivity contribution >= 4 is 27.1 Å². The summed E-state index contributed by atoms with van der Waals surface area (Å²) >= 11 is 1.32. The van der Waals surface area contributed by atoms with Gasteiger partial charge in [-0.15, -0.1) is 11.3 Å². The van der Waals surface area contributed by atoms with Gasteiger partial charge in [0.2, 0.25) is 5.91 Å². The first-order valence-corrected chi connectivity index (χ1v) is 9.97. The number of aryl methyl sites for hydroxylation is 1. The molecule has 4 nitrogen and oxygen atoms in total. The lowest BCUT2D eigenvalue weighted by atomic mass is 10.2. The molecule has 0 aliphatic heterocycles. The molecular weight excluding hydrogens is 349 g/mol. The Kier molecular flexibility index (Phi) is 5.77. The van der Waals surface area contributed by atoms with Gasteiger partial charge in [0.05, 0.1) is 4.90 Å². The third kappa shape index (κ3) is 4.02. The lowest BCUT2D eigenvalue weighted by Crippen LogP contribution is -2.34. The molecule has 2 rings (SSSR count). The second-order valence-electron chi connectivity index (χ2n) is 5.86. The van der Waals surface area contributed by atoms with Crippen molar-refractivity contribution in [1.82, 2.24) is 5.32 Å². The molecule has 1 N–H and O–H groups in total. The van der Waals surface area contributed by atoms with Gasteiger partial charge in [-0.3, -0.25) is 4.79 Å². The number of hydrogen-bond donors (Lipinski definition) is 1. The molecule has 1 aromatic carbocycles. The number of carbonyl (C=O) groups excluding carboxylic acids is 1. The number of hydrogen-bond acceptors (Lipinski definition) is 4. The van der Waals surface area contributed by atoms with Gasteiger partial charge in [-0.05, 0) is 42.1 Å². The summed E-state index contributed by atoms with van der Waals surface area (Å²) in [6.45, 7) is 4.99. The number of halogens is 1. The lowest BCUT2D eigenvalue weighted by Gasteiger charge is -2.18. The zero-order valence-electron chi connectivity index (χ0n) is 13.7. The molecule has 1 unspecified atom stereocenters. The van der Waals surface area contributed by atoms with E-state index in [0.717, 1.165) is 6.07 Å². The highest BCUT2D eigenvalue weighted by Crippen LogP contribution is 2.32. The summed E-state index contributed by atoms with van der Waals surface area (Å²) in [5, 5.41) is 3.58. The van der Waals surface area contributed by atoms with Crippen LogP contribution in [0.4, 0.5) is 4.39 Å². The van der Waals surface area contributed by atoms with Gasteiger partial charge < -0.3 is 5.32 Å². The first kappa shape index (κ1) is 18.6. The predicted molar refractivity (Wildman–Crippen MR) is 93.2 cm³/mol.